The standard InChI is InChI=1S/C33H37ClFN7O3/c1-4-29(43)42-15-14-41(16-23(42)10-12-36)32-24-11-13-40(27-7-5-6-21-8-9-25(35)31(34)30(21)27)17-26(24)37-33(38-32)45-19-22-18-44-20-28(22)39(2)3/h4-9,22-23,28H,1,10-11,13-20H2,2-3H3/t22-,23+,28+/m1/s1. The molecule has 0 unspecified atom stereocenters. The van der Waals surface area contributed by atoms with Crippen molar-refractivity contribution in [2.45, 2.75) is 31.5 Å². The summed E-state index contributed by atoms with van der Waals surface area (Å²) in [5, 5.41) is 11.2. The van der Waals surface area contributed by atoms with E-state index in [1.807, 2.05) is 32.3 Å². The zero-order valence-corrected chi connectivity index (χ0v) is 26.3. The summed E-state index contributed by atoms with van der Waals surface area (Å²) in [7, 11) is 4.07. The summed E-state index contributed by atoms with van der Waals surface area (Å²) in [5.41, 5.74) is 2.66. The van der Waals surface area contributed by atoms with Crippen LogP contribution in [-0.2, 0) is 22.5 Å². The summed E-state index contributed by atoms with van der Waals surface area (Å²) in [6, 6.07) is 11.4. The highest BCUT2D eigenvalue weighted by molar-refractivity contribution is 6.36. The number of carbonyl (C=O) groups is 1. The van der Waals surface area contributed by atoms with E-state index in [-0.39, 0.29) is 41.4 Å². The molecule has 0 radical (unpaired) electrons. The number of ether oxygens (including phenoxy) is 2. The minimum Gasteiger partial charge on any atom is -0.463 e. The Hall–Kier alpha value is -3.98. The number of hydrogen-bond donors (Lipinski definition) is 0. The van der Waals surface area contributed by atoms with Crippen LogP contribution < -0.4 is 14.5 Å². The number of nitrogens with zero attached hydrogens (tertiary/aromatic N) is 7. The van der Waals surface area contributed by atoms with Gasteiger partial charge in [-0.25, -0.2) is 4.39 Å². The highest BCUT2D eigenvalue weighted by Gasteiger charge is 2.35. The van der Waals surface area contributed by atoms with Gasteiger partial charge in [0.05, 0.1) is 55.6 Å². The maximum Gasteiger partial charge on any atom is 0.318 e. The first-order valence-electron chi connectivity index (χ1n) is 15.2. The van der Waals surface area contributed by atoms with Crippen molar-refractivity contribution in [2.24, 2.45) is 5.92 Å². The maximum absolute atomic E-state index is 14.6. The second-order valence-electron chi connectivity index (χ2n) is 12.0. The summed E-state index contributed by atoms with van der Waals surface area (Å²) in [5.74, 6) is 0.291. The van der Waals surface area contributed by atoms with E-state index in [1.54, 1.807) is 11.0 Å². The largest absolute Gasteiger partial charge is 0.463 e. The van der Waals surface area contributed by atoms with E-state index < -0.39 is 5.82 Å². The number of carbonyl (C=O) groups excluding carboxylic acids is 1. The topological polar surface area (TPSA) is 98.1 Å². The molecule has 2 aromatic carbocycles. The van der Waals surface area contributed by atoms with Crippen LogP contribution in [-0.4, -0.2) is 97.9 Å². The van der Waals surface area contributed by atoms with E-state index in [1.165, 1.54) is 12.1 Å². The normalized spacial score (nSPS) is 21.6. The van der Waals surface area contributed by atoms with Crippen LogP contribution in [0.15, 0.2) is 43.0 Å². The average Bonchev–Trinajstić information content (AvgIpc) is 3.53. The van der Waals surface area contributed by atoms with Crippen molar-refractivity contribution < 1.29 is 18.7 Å². The molecule has 2 saturated heterocycles. The van der Waals surface area contributed by atoms with Gasteiger partial charge in [-0.15, -0.1) is 0 Å². The minimum atomic E-state index is -0.456. The highest BCUT2D eigenvalue weighted by Crippen LogP contribution is 2.38. The number of likely N-dealkylation sites (N-methyl/N-ethyl adjacent to an activating group) is 1. The molecule has 1 aromatic heterocycles. The van der Waals surface area contributed by atoms with Gasteiger partial charge in [-0.3, -0.25) is 4.79 Å². The number of nitriles is 1. The third kappa shape index (κ3) is 6.15. The van der Waals surface area contributed by atoms with Crippen LogP contribution in [0.3, 0.4) is 0 Å². The van der Waals surface area contributed by atoms with E-state index in [0.717, 1.165) is 28.1 Å². The zero-order valence-electron chi connectivity index (χ0n) is 25.6. The number of halogens is 2. The van der Waals surface area contributed by atoms with Gasteiger partial charge in [-0.2, -0.15) is 15.2 Å². The van der Waals surface area contributed by atoms with E-state index >= 15 is 0 Å². The van der Waals surface area contributed by atoms with Crippen molar-refractivity contribution in [3.05, 3.63) is 65.1 Å². The molecule has 3 aliphatic heterocycles. The quantitative estimate of drug-likeness (QED) is 0.340. The van der Waals surface area contributed by atoms with Crippen molar-refractivity contribution in [3.8, 4) is 12.1 Å². The molecule has 0 spiro atoms. The molecule has 0 N–H and O–H groups in total. The molecule has 1 amide bonds. The Bertz CT molecular complexity index is 1650. The fraction of sp³-hybridized carbons (Fsp3) is 0.455. The summed E-state index contributed by atoms with van der Waals surface area (Å²) >= 11 is 6.50. The number of fused-ring (bicyclic) bond motifs is 2. The molecule has 45 heavy (non-hydrogen) atoms. The summed E-state index contributed by atoms with van der Waals surface area (Å²) in [6.45, 7) is 7.84. The lowest BCUT2D eigenvalue weighted by Crippen LogP contribution is -2.55. The molecule has 236 valence electrons. The average molecular weight is 634 g/mol. The molecule has 12 heteroatoms. The van der Waals surface area contributed by atoms with Crippen LogP contribution in [0.5, 0.6) is 6.01 Å². The Morgan fingerprint density at radius 2 is 2.07 bits per heavy atom. The summed E-state index contributed by atoms with van der Waals surface area (Å²) in [4.78, 5) is 30.6. The van der Waals surface area contributed by atoms with Gasteiger partial charge in [0.25, 0.3) is 0 Å². The summed E-state index contributed by atoms with van der Waals surface area (Å²) in [6.07, 6.45) is 2.14. The second kappa shape index (κ2) is 13.2. The Kier molecular flexibility index (Phi) is 9.08. The van der Waals surface area contributed by atoms with Gasteiger partial charge in [-0.1, -0.05) is 36.4 Å². The number of benzene rings is 2. The molecular weight excluding hydrogens is 597 g/mol. The molecule has 2 fully saturated rings. The molecule has 3 aliphatic rings. The fourth-order valence-corrected chi connectivity index (χ4v) is 6.98. The number of amides is 1. The molecule has 3 aromatic rings. The molecule has 0 bridgehead atoms. The minimum absolute atomic E-state index is 0.103. The predicted octanol–water partition coefficient (Wildman–Crippen LogP) is 4.06. The van der Waals surface area contributed by atoms with Gasteiger partial charge >= 0.3 is 6.01 Å². The number of aromatic nitrogens is 2. The molecule has 6 rings (SSSR count). The first kappa shape index (κ1) is 31.0. The summed E-state index contributed by atoms with van der Waals surface area (Å²) < 4.78 is 26.6. The lowest BCUT2D eigenvalue weighted by atomic mass is 10.0. The van der Waals surface area contributed by atoms with Crippen molar-refractivity contribution in [1.82, 2.24) is 19.8 Å². The SMILES string of the molecule is C=CC(=O)N1CCN(c2nc(OC[C@H]3COC[C@@H]3N(C)C)nc3c2CCN(c2cccc4ccc(F)c(Cl)c24)C3)C[C@@H]1CC#N. The Morgan fingerprint density at radius 1 is 1.22 bits per heavy atom. The fourth-order valence-electron chi connectivity index (χ4n) is 6.71. The van der Waals surface area contributed by atoms with Gasteiger partial charge in [0.15, 0.2) is 0 Å². The first-order valence-corrected chi connectivity index (χ1v) is 15.6. The Balaban J connectivity index is 1.35. The van der Waals surface area contributed by atoms with Crippen LogP contribution in [0.2, 0.25) is 5.02 Å². The monoisotopic (exact) mass is 633 g/mol. The van der Waals surface area contributed by atoms with Gasteiger partial charge in [0.2, 0.25) is 5.91 Å². The van der Waals surface area contributed by atoms with Crippen LogP contribution in [0.4, 0.5) is 15.9 Å². The van der Waals surface area contributed by atoms with Gasteiger partial charge in [0, 0.05) is 54.8 Å². The number of rotatable bonds is 8. The van der Waals surface area contributed by atoms with Crippen molar-refractivity contribution in [1.29, 1.82) is 5.26 Å². The molecule has 0 saturated carbocycles. The van der Waals surface area contributed by atoms with E-state index in [0.29, 0.717) is 64.4 Å². The molecular formula is C33H37ClFN7O3. The zero-order chi connectivity index (χ0) is 31.7. The smallest absolute Gasteiger partial charge is 0.318 e. The van der Waals surface area contributed by atoms with Crippen LogP contribution in [0, 0.1) is 23.1 Å². The van der Waals surface area contributed by atoms with E-state index in [9.17, 15) is 14.4 Å². The van der Waals surface area contributed by atoms with E-state index in [2.05, 4.69) is 27.3 Å². The second-order valence-corrected chi connectivity index (χ2v) is 12.4. The predicted molar refractivity (Wildman–Crippen MR) is 171 cm³/mol. The number of hydrogen-bond acceptors (Lipinski definition) is 9. The molecule has 0 aliphatic carbocycles. The lowest BCUT2D eigenvalue weighted by Gasteiger charge is -2.42. The lowest BCUT2D eigenvalue weighted by molar-refractivity contribution is -0.128. The van der Waals surface area contributed by atoms with Gasteiger partial charge in [-0.05, 0) is 44.1 Å². The van der Waals surface area contributed by atoms with Crippen molar-refractivity contribution in [2.75, 3.05) is 69.9 Å². The molecule has 10 nitrogen and oxygen atoms in total. The van der Waals surface area contributed by atoms with Crippen LogP contribution in [0.1, 0.15) is 17.7 Å². The number of piperazine rings is 1. The highest BCUT2D eigenvalue weighted by atomic mass is 35.5. The van der Waals surface area contributed by atoms with E-state index in [4.69, 9.17) is 31.0 Å². The maximum atomic E-state index is 14.6. The third-order valence-corrected chi connectivity index (χ3v) is 9.47. The molecule has 3 atom stereocenters. The van der Waals surface area contributed by atoms with Crippen LogP contribution in [0.25, 0.3) is 10.8 Å². The number of anilines is 2. The molecule has 4 heterocycles. The first-order chi connectivity index (χ1) is 21.8. The Labute approximate surface area is 267 Å². The van der Waals surface area contributed by atoms with Crippen molar-refractivity contribution >= 4 is 39.8 Å². The third-order valence-electron chi connectivity index (χ3n) is 9.10. The Morgan fingerprint density at radius 3 is 2.84 bits per heavy atom. The van der Waals surface area contributed by atoms with Gasteiger partial charge < -0.3 is 29.1 Å². The van der Waals surface area contributed by atoms with Gasteiger partial charge in [0.1, 0.15) is 11.6 Å². The van der Waals surface area contributed by atoms with Crippen LogP contribution >= 0.6 is 11.6 Å². The van der Waals surface area contributed by atoms with Crippen molar-refractivity contribution in [3.63, 3.8) is 0 Å².